The van der Waals surface area contributed by atoms with Crippen molar-refractivity contribution in [3.05, 3.63) is 170 Å². The van der Waals surface area contributed by atoms with E-state index in [1.54, 1.807) is 26.0 Å². The second-order valence-corrected chi connectivity index (χ2v) is 12.5. The molecule has 56 heavy (non-hydrogen) atoms. The number of ketones is 1. The molecular weight excluding hydrogens is 803 g/mol. The molecule has 0 radical (unpaired) electrons. The first-order valence-electron chi connectivity index (χ1n) is 16.8. The first-order valence-corrected chi connectivity index (χ1v) is 17.9. The van der Waals surface area contributed by atoms with Crippen molar-refractivity contribution in [2.75, 3.05) is 0 Å². The number of benzene rings is 5. The molecule has 0 amide bonds. The summed E-state index contributed by atoms with van der Waals surface area (Å²) in [4.78, 5) is 47.2. The summed E-state index contributed by atoms with van der Waals surface area (Å²) in [6.07, 6.45) is 0.174. The van der Waals surface area contributed by atoms with E-state index in [1.165, 1.54) is 91.9 Å². The summed E-state index contributed by atoms with van der Waals surface area (Å²) in [6.45, 7) is 4.45. The number of carbonyl (C=O) groups is 2. The molecule has 0 saturated heterocycles. The lowest BCUT2D eigenvalue weighted by Gasteiger charge is -2.08. The Balaban J connectivity index is 0.000000163. The molecule has 5 aromatic carbocycles. The van der Waals surface area contributed by atoms with Gasteiger partial charge in [-0.2, -0.15) is 0 Å². The summed E-state index contributed by atoms with van der Waals surface area (Å²) >= 11 is 3.24. The van der Waals surface area contributed by atoms with Gasteiger partial charge in [-0.25, -0.2) is 22.0 Å². The van der Waals surface area contributed by atoms with E-state index in [0.717, 1.165) is 6.07 Å². The van der Waals surface area contributed by atoms with E-state index in [0.29, 0.717) is 22.6 Å². The molecule has 0 aliphatic carbocycles. The van der Waals surface area contributed by atoms with Gasteiger partial charge < -0.3 is 13.6 Å². The lowest BCUT2D eigenvalue weighted by Crippen LogP contribution is -2.10. The Morgan fingerprint density at radius 3 is 1.66 bits per heavy atom. The molecule has 13 heteroatoms. The molecule has 7 nitrogen and oxygen atoms in total. The molecule has 0 aliphatic rings. The van der Waals surface area contributed by atoms with Gasteiger partial charge in [0.15, 0.2) is 5.78 Å². The lowest BCUT2D eigenvalue weighted by molar-refractivity contribution is -0.134. The minimum absolute atomic E-state index is 0.0191. The average Bonchev–Trinajstić information content (AvgIpc) is 3.15. The highest BCUT2D eigenvalue weighted by Gasteiger charge is 2.19. The van der Waals surface area contributed by atoms with Crippen molar-refractivity contribution in [2.24, 2.45) is 0 Å². The Bertz CT molecular complexity index is 2720. The molecule has 0 unspecified atom stereocenters. The number of aryl methyl sites for hydroxylation is 1. The van der Waals surface area contributed by atoms with Crippen LogP contribution in [0.2, 0.25) is 0 Å². The van der Waals surface area contributed by atoms with E-state index in [2.05, 4.69) is 15.9 Å². The number of carbonyl (C=O) groups excluding carboxylic acids is 2. The Morgan fingerprint density at radius 2 is 1.14 bits per heavy atom. The van der Waals surface area contributed by atoms with Crippen LogP contribution in [0.15, 0.2) is 122 Å². The number of hydrogen-bond acceptors (Lipinski definition) is 7. The number of alkyl halides is 1. The van der Waals surface area contributed by atoms with Gasteiger partial charge in [0.1, 0.15) is 68.3 Å². The zero-order chi connectivity index (χ0) is 40.7. The first kappa shape index (κ1) is 41.0. The maximum Gasteiger partial charge on any atom is 0.310 e. The standard InChI is InChI=1S/C16H9BrF2O2.C16H10F2O2.C11H11FO3/c17-8-13-14(9-3-1-4-10(18)7-9)16(20)15-11(19)5-2-6-12(15)21-13;1-9-14(10-4-2-5-11(17)8-10)16(19)15-12(18)6-3-7-13(15)20-9;1-3-10(14)15-9-6-4-5-8(12)11(9)7(2)13/h1-7H,8H2;2-8H,1H3;4-6H,3H2,1-2H3. The minimum Gasteiger partial charge on any atom is -0.460 e. The second-order valence-electron chi connectivity index (χ2n) is 12.0. The molecule has 0 atom stereocenters. The number of ether oxygens (including phenoxy) is 1. The molecule has 0 fully saturated rings. The zero-order valence-electron chi connectivity index (χ0n) is 29.9. The van der Waals surface area contributed by atoms with Crippen LogP contribution in [0.3, 0.4) is 0 Å². The highest BCUT2D eigenvalue weighted by atomic mass is 79.9. The Kier molecular flexibility index (Phi) is 13.1. The fourth-order valence-electron chi connectivity index (χ4n) is 5.69. The number of rotatable bonds is 6. The molecule has 0 spiro atoms. The SMILES string of the molecule is CCC(=O)Oc1cccc(F)c1C(C)=O.Cc1oc2cccc(F)c2c(=O)c1-c1cccc(F)c1.O=c1c(-c2cccc(F)c2)c(CBr)oc2cccc(F)c12. The minimum atomic E-state index is -0.677. The van der Waals surface area contributed by atoms with Crippen molar-refractivity contribution in [3.63, 3.8) is 0 Å². The van der Waals surface area contributed by atoms with Gasteiger partial charge in [0.25, 0.3) is 0 Å². The summed E-state index contributed by atoms with van der Waals surface area (Å²) in [5.74, 6) is -3.22. The summed E-state index contributed by atoms with van der Waals surface area (Å²) < 4.78 is 83.6. The summed E-state index contributed by atoms with van der Waals surface area (Å²) in [5.41, 5.74) is 0.277. The predicted octanol–water partition coefficient (Wildman–Crippen LogP) is 11.0. The highest BCUT2D eigenvalue weighted by molar-refractivity contribution is 9.08. The average molecular weight is 834 g/mol. The predicted molar refractivity (Wildman–Crippen MR) is 205 cm³/mol. The quantitative estimate of drug-likeness (QED) is 0.0540. The van der Waals surface area contributed by atoms with Gasteiger partial charge >= 0.3 is 5.97 Å². The van der Waals surface area contributed by atoms with Crippen molar-refractivity contribution < 1.29 is 45.1 Å². The van der Waals surface area contributed by atoms with Gasteiger partial charge in [0.05, 0.1) is 22.0 Å². The van der Waals surface area contributed by atoms with Crippen LogP contribution in [-0.2, 0) is 10.1 Å². The monoisotopic (exact) mass is 832 g/mol. The Morgan fingerprint density at radius 1 is 0.661 bits per heavy atom. The molecular formula is C43H30BrF5O7. The smallest absolute Gasteiger partial charge is 0.310 e. The number of fused-ring (bicyclic) bond motifs is 2. The van der Waals surface area contributed by atoms with Crippen LogP contribution in [-0.4, -0.2) is 11.8 Å². The topological polar surface area (TPSA) is 104 Å². The van der Waals surface area contributed by atoms with Crippen LogP contribution < -0.4 is 15.6 Å². The van der Waals surface area contributed by atoms with Crippen molar-refractivity contribution >= 4 is 49.6 Å². The van der Waals surface area contributed by atoms with Crippen LogP contribution in [0.1, 0.15) is 42.1 Å². The molecule has 0 bridgehead atoms. The number of halogens is 6. The van der Waals surface area contributed by atoms with E-state index in [1.807, 2.05) is 0 Å². The number of esters is 1. The van der Waals surface area contributed by atoms with E-state index >= 15 is 0 Å². The fraction of sp³-hybridized carbons (Fsp3) is 0.116. The lowest BCUT2D eigenvalue weighted by atomic mass is 10.0. The van der Waals surface area contributed by atoms with Crippen molar-refractivity contribution in [1.82, 2.24) is 0 Å². The largest absolute Gasteiger partial charge is 0.460 e. The third kappa shape index (κ3) is 9.01. The van der Waals surface area contributed by atoms with Gasteiger partial charge in [-0.3, -0.25) is 19.2 Å². The summed E-state index contributed by atoms with van der Waals surface area (Å²) in [5, 5.41) is 0.0272. The zero-order valence-corrected chi connectivity index (χ0v) is 31.4. The van der Waals surface area contributed by atoms with Crippen LogP contribution >= 0.6 is 15.9 Å². The second kappa shape index (κ2) is 17.9. The molecule has 0 aliphatic heterocycles. The highest BCUT2D eigenvalue weighted by Crippen LogP contribution is 2.29. The summed E-state index contributed by atoms with van der Waals surface area (Å²) in [7, 11) is 0. The third-order valence-electron chi connectivity index (χ3n) is 8.17. The van der Waals surface area contributed by atoms with Crippen molar-refractivity contribution in [1.29, 1.82) is 0 Å². The first-order chi connectivity index (χ1) is 26.7. The molecule has 0 N–H and O–H groups in total. The van der Waals surface area contributed by atoms with Gasteiger partial charge in [0, 0.05) is 6.42 Å². The molecule has 7 rings (SSSR count). The van der Waals surface area contributed by atoms with E-state index < -0.39 is 51.7 Å². The maximum absolute atomic E-state index is 13.9. The molecule has 2 heterocycles. The molecule has 7 aromatic rings. The fourth-order valence-corrected chi connectivity index (χ4v) is 6.08. The van der Waals surface area contributed by atoms with E-state index in [-0.39, 0.29) is 56.1 Å². The van der Waals surface area contributed by atoms with Gasteiger partial charge in [-0.05, 0) is 85.6 Å². The Labute approximate surface area is 324 Å². The van der Waals surface area contributed by atoms with E-state index in [9.17, 15) is 41.1 Å². The van der Waals surface area contributed by atoms with Crippen LogP contribution in [0.5, 0.6) is 5.75 Å². The maximum atomic E-state index is 13.9. The molecule has 286 valence electrons. The van der Waals surface area contributed by atoms with Crippen LogP contribution in [0.4, 0.5) is 22.0 Å². The molecule has 2 aromatic heterocycles. The van der Waals surface area contributed by atoms with Crippen LogP contribution in [0.25, 0.3) is 44.2 Å². The number of hydrogen-bond donors (Lipinski definition) is 0. The normalized spacial score (nSPS) is 10.7. The van der Waals surface area contributed by atoms with Gasteiger partial charge in [-0.1, -0.05) is 65.3 Å². The summed E-state index contributed by atoms with van der Waals surface area (Å²) in [6, 6.07) is 23.5. The van der Waals surface area contributed by atoms with Gasteiger partial charge in [-0.15, -0.1) is 0 Å². The van der Waals surface area contributed by atoms with E-state index in [4.69, 9.17) is 13.6 Å². The van der Waals surface area contributed by atoms with Crippen LogP contribution in [0, 0.1) is 36.0 Å². The Hall–Kier alpha value is -6.21. The van der Waals surface area contributed by atoms with Gasteiger partial charge in [0.2, 0.25) is 10.9 Å². The number of Topliss-reactive ketones (excluding diaryl/α,β-unsaturated/α-hetero) is 1. The van der Waals surface area contributed by atoms with Crippen molar-refractivity contribution in [3.8, 4) is 28.0 Å². The third-order valence-corrected chi connectivity index (χ3v) is 8.68. The molecule has 0 saturated carbocycles. The van der Waals surface area contributed by atoms with Crippen molar-refractivity contribution in [2.45, 2.75) is 32.5 Å².